The van der Waals surface area contributed by atoms with Gasteiger partial charge < -0.3 is 9.47 Å². The molecule has 5 atom stereocenters. The van der Waals surface area contributed by atoms with Crippen LogP contribution >= 0.6 is 0 Å². The number of hydrogen-bond acceptors (Lipinski definition) is 5. The fourth-order valence-electron chi connectivity index (χ4n) is 4.39. The number of hydrogen-bond donors (Lipinski definition) is 0. The highest BCUT2D eigenvalue weighted by Crippen LogP contribution is 2.38. The number of rotatable bonds is 3. The fraction of sp³-hybridized carbons (Fsp3) is 0.882. The zero-order chi connectivity index (χ0) is 15.7. The molecule has 0 amide bonds. The van der Waals surface area contributed by atoms with E-state index in [2.05, 4.69) is 11.8 Å². The van der Waals surface area contributed by atoms with Crippen molar-refractivity contribution in [1.82, 2.24) is 4.90 Å². The first-order valence-electron chi connectivity index (χ1n) is 8.75. The van der Waals surface area contributed by atoms with Crippen LogP contribution in [-0.2, 0) is 19.1 Å². The SMILES string of the molecule is CCC(=O)O[C@@H]1[C@H](C)CCCN2C([C@@H]3CCC(=O)O3)CC[C@@H]12. The van der Waals surface area contributed by atoms with Gasteiger partial charge in [-0.05, 0) is 44.6 Å². The number of ether oxygens (including phenoxy) is 2. The van der Waals surface area contributed by atoms with Gasteiger partial charge in [0.05, 0.1) is 0 Å². The van der Waals surface area contributed by atoms with Crippen molar-refractivity contribution >= 4 is 11.9 Å². The maximum absolute atomic E-state index is 11.8. The number of fused-ring (bicyclic) bond motifs is 1. The van der Waals surface area contributed by atoms with Crippen LogP contribution in [-0.4, -0.2) is 47.7 Å². The molecule has 0 aromatic carbocycles. The first kappa shape index (κ1) is 15.8. The molecular weight excluding hydrogens is 282 g/mol. The molecule has 5 nitrogen and oxygen atoms in total. The number of esters is 2. The lowest BCUT2D eigenvalue weighted by molar-refractivity contribution is -0.155. The highest BCUT2D eigenvalue weighted by Gasteiger charge is 2.47. The van der Waals surface area contributed by atoms with Gasteiger partial charge in [-0.25, -0.2) is 0 Å². The van der Waals surface area contributed by atoms with Crippen LogP contribution in [0.3, 0.4) is 0 Å². The van der Waals surface area contributed by atoms with Gasteiger partial charge in [0.2, 0.25) is 0 Å². The van der Waals surface area contributed by atoms with Crippen LogP contribution in [0.15, 0.2) is 0 Å². The van der Waals surface area contributed by atoms with E-state index >= 15 is 0 Å². The van der Waals surface area contributed by atoms with E-state index in [9.17, 15) is 9.59 Å². The summed E-state index contributed by atoms with van der Waals surface area (Å²) in [5, 5.41) is 0. The van der Waals surface area contributed by atoms with E-state index in [1.807, 2.05) is 6.92 Å². The molecule has 3 aliphatic heterocycles. The predicted octanol–water partition coefficient (Wildman–Crippen LogP) is 2.28. The number of cyclic esters (lactones) is 1. The molecular formula is C17H27NO4. The Morgan fingerprint density at radius 3 is 2.73 bits per heavy atom. The van der Waals surface area contributed by atoms with Gasteiger partial charge in [-0.2, -0.15) is 0 Å². The normalized spacial score (nSPS) is 39.2. The van der Waals surface area contributed by atoms with Crippen LogP contribution < -0.4 is 0 Å². The first-order valence-corrected chi connectivity index (χ1v) is 8.75. The van der Waals surface area contributed by atoms with Crippen LogP contribution in [0.1, 0.15) is 58.8 Å². The third-order valence-electron chi connectivity index (χ3n) is 5.53. The molecule has 0 aromatic rings. The van der Waals surface area contributed by atoms with Crippen molar-refractivity contribution < 1.29 is 19.1 Å². The lowest BCUT2D eigenvalue weighted by Crippen LogP contribution is -2.48. The molecule has 0 spiro atoms. The van der Waals surface area contributed by atoms with Crippen molar-refractivity contribution in [2.75, 3.05) is 6.54 Å². The van der Waals surface area contributed by atoms with Gasteiger partial charge in [0.1, 0.15) is 12.2 Å². The molecule has 5 heteroatoms. The number of nitrogens with zero attached hydrogens (tertiary/aromatic N) is 1. The summed E-state index contributed by atoms with van der Waals surface area (Å²) in [6.45, 7) is 5.06. The molecule has 0 bridgehead atoms. The Bertz CT molecular complexity index is 438. The van der Waals surface area contributed by atoms with E-state index in [0.717, 1.165) is 38.6 Å². The molecule has 0 saturated carbocycles. The maximum Gasteiger partial charge on any atom is 0.306 e. The highest BCUT2D eigenvalue weighted by molar-refractivity contribution is 5.71. The topological polar surface area (TPSA) is 55.8 Å². The predicted molar refractivity (Wildman–Crippen MR) is 81.2 cm³/mol. The monoisotopic (exact) mass is 309 g/mol. The van der Waals surface area contributed by atoms with Gasteiger partial charge in [-0.3, -0.25) is 14.5 Å². The van der Waals surface area contributed by atoms with E-state index in [0.29, 0.717) is 24.8 Å². The van der Waals surface area contributed by atoms with E-state index in [1.165, 1.54) is 0 Å². The lowest BCUT2D eigenvalue weighted by Gasteiger charge is -2.35. The molecule has 3 aliphatic rings. The average Bonchev–Trinajstić information content (AvgIpc) is 3.07. The smallest absolute Gasteiger partial charge is 0.306 e. The van der Waals surface area contributed by atoms with Crippen LogP contribution in [0.25, 0.3) is 0 Å². The quantitative estimate of drug-likeness (QED) is 0.749. The van der Waals surface area contributed by atoms with Crippen molar-refractivity contribution in [3.63, 3.8) is 0 Å². The number of carbonyl (C=O) groups is 2. The molecule has 1 unspecified atom stereocenters. The van der Waals surface area contributed by atoms with Gasteiger partial charge in [-0.15, -0.1) is 0 Å². The molecule has 0 aromatic heterocycles. The van der Waals surface area contributed by atoms with E-state index in [-0.39, 0.29) is 30.2 Å². The Labute approximate surface area is 132 Å². The van der Waals surface area contributed by atoms with Gasteiger partial charge in [-0.1, -0.05) is 13.8 Å². The summed E-state index contributed by atoms with van der Waals surface area (Å²) in [5.74, 6) is 0.232. The zero-order valence-electron chi connectivity index (χ0n) is 13.6. The summed E-state index contributed by atoms with van der Waals surface area (Å²) < 4.78 is 11.3. The van der Waals surface area contributed by atoms with Crippen molar-refractivity contribution in [2.24, 2.45) is 5.92 Å². The van der Waals surface area contributed by atoms with Gasteiger partial charge in [0.25, 0.3) is 0 Å². The Kier molecular flexibility index (Phi) is 4.71. The maximum atomic E-state index is 11.8. The van der Waals surface area contributed by atoms with Gasteiger partial charge in [0.15, 0.2) is 0 Å². The minimum atomic E-state index is -0.102. The number of carbonyl (C=O) groups excluding carboxylic acids is 2. The molecule has 0 N–H and O–H groups in total. The molecule has 3 rings (SSSR count). The minimum Gasteiger partial charge on any atom is -0.461 e. The fourth-order valence-corrected chi connectivity index (χ4v) is 4.39. The van der Waals surface area contributed by atoms with Gasteiger partial charge >= 0.3 is 11.9 Å². The van der Waals surface area contributed by atoms with Crippen LogP contribution in [0.5, 0.6) is 0 Å². The minimum absolute atomic E-state index is 0.0166. The van der Waals surface area contributed by atoms with Crippen molar-refractivity contribution in [2.45, 2.75) is 83.1 Å². The molecule has 3 fully saturated rings. The second kappa shape index (κ2) is 6.57. The van der Waals surface area contributed by atoms with Crippen molar-refractivity contribution in [1.29, 1.82) is 0 Å². The zero-order valence-corrected chi connectivity index (χ0v) is 13.6. The summed E-state index contributed by atoms with van der Waals surface area (Å²) in [6.07, 6.45) is 6.11. The molecule has 0 radical (unpaired) electrons. The Hall–Kier alpha value is -1.10. The van der Waals surface area contributed by atoms with E-state index in [4.69, 9.17) is 9.47 Å². The van der Waals surface area contributed by atoms with Gasteiger partial charge in [0, 0.05) is 24.9 Å². The standard InChI is InChI=1S/C17H27NO4/c1-3-15(19)22-17-11(2)5-4-10-18-12(6-7-13(17)18)14-8-9-16(20)21-14/h11-14,17H,3-10H2,1-2H3/t11-,12?,13+,14+,17-/m1/s1. The van der Waals surface area contributed by atoms with Crippen molar-refractivity contribution in [3.05, 3.63) is 0 Å². The molecule has 124 valence electrons. The second-order valence-corrected chi connectivity index (χ2v) is 6.94. The second-order valence-electron chi connectivity index (χ2n) is 6.94. The summed E-state index contributed by atoms with van der Waals surface area (Å²) in [5.41, 5.74) is 0. The molecule has 3 heterocycles. The summed E-state index contributed by atoms with van der Waals surface area (Å²) in [4.78, 5) is 25.7. The lowest BCUT2D eigenvalue weighted by atomic mass is 9.94. The van der Waals surface area contributed by atoms with Crippen LogP contribution in [0.2, 0.25) is 0 Å². The molecule has 22 heavy (non-hydrogen) atoms. The molecule has 0 aliphatic carbocycles. The third kappa shape index (κ3) is 3.00. The summed E-state index contributed by atoms with van der Waals surface area (Å²) >= 11 is 0. The Balaban J connectivity index is 1.74. The van der Waals surface area contributed by atoms with Crippen LogP contribution in [0, 0.1) is 5.92 Å². The summed E-state index contributed by atoms with van der Waals surface area (Å²) in [6, 6.07) is 0.599. The van der Waals surface area contributed by atoms with Crippen LogP contribution in [0.4, 0.5) is 0 Å². The summed E-state index contributed by atoms with van der Waals surface area (Å²) in [7, 11) is 0. The Morgan fingerprint density at radius 2 is 2.05 bits per heavy atom. The van der Waals surface area contributed by atoms with E-state index < -0.39 is 0 Å². The largest absolute Gasteiger partial charge is 0.461 e. The first-order chi connectivity index (χ1) is 10.6. The average molecular weight is 309 g/mol. The third-order valence-corrected chi connectivity index (χ3v) is 5.53. The van der Waals surface area contributed by atoms with E-state index in [1.54, 1.807) is 0 Å². The van der Waals surface area contributed by atoms with Crippen molar-refractivity contribution in [3.8, 4) is 0 Å². The highest BCUT2D eigenvalue weighted by atomic mass is 16.6. The Morgan fingerprint density at radius 1 is 1.27 bits per heavy atom. The molecule has 3 saturated heterocycles.